The molecule has 2 amide bonds. The third kappa shape index (κ3) is 6.76. The van der Waals surface area contributed by atoms with Gasteiger partial charge in [0.15, 0.2) is 5.92 Å². The number of aromatic nitrogens is 1. The first-order valence-corrected chi connectivity index (χ1v) is 8.97. The van der Waals surface area contributed by atoms with Crippen molar-refractivity contribution in [2.45, 2.75) is 25.7 Å². The van der Waals surface area contributed by atoms with E-state index in [1.54, 1.807) is 31.2 Å². The Balaban J connectivity index is 1.79. The van der Waals surface area contributed by atoms with Crippen molar-refractivity contribution >= 4 is 29.3 Å². The van der Waals surface area contributed by atoms with Crippen LogP contribution in [0, 0.1) is 5.41 Å². The number of hydrogen-bond acceptors (Lipinski definition) is 7. The number of anilines is 1. The number of nitrogens with zero attached hydrogens (tertiary/aromatic N) is 1. The highest BCUT2D eigenvalue weighted by Crippen LogP contribution is 2.15. The van der Waals surface area contributed by atoms with Crippen LogP contribution in [0.4, 0.5) is 5.69 Å². The van der Waals surface area contributed by atoms with Gasteiger partial charge < -0.3 is 25.5 Å². The molecule has 0 bridgehead atoms. The van der Waals surface area contributed by atoms with E-state index in [9.17, 15) is 14.4 Å². The fraction of sp³-hybridized carbons (Fsp3) is 0.316. The lowest BCUT2D eigenvalue weighted by Gasteiger charge is -2.13. The molecule has 0 saturated heterocycles. The van der Waals surface area contributed by atoms with Crippen LogP contribution < -0.4 is 16.4 Å². The van der Waals surface area contributed by atoms with Crippen molar-refractivity contribution < 1.29 is 23.5 Å². The van der Waals surface area contributed by atoms with Crippen LogP contribution in [0.25, 0.3) is 0 Å². The number of esters is 1. The van der Waals surface area contributed by atoms with E-state index in [1.807, 2.05) is 0 Å². The summed E-state index contributed by atoms with van der Waals surface area (Å²) >= 11 is 0. The van der Waals surface area contributed by atoms with Gasteiger partial charge in [-0.15, -0.1) is 0 Å². The molecule has 0 aliphatic rings. The first-order chi connectivity index (χ1) is 13.9. The molecular weight excluding hydrogens is 378 g/mol. The van der Waals surface area contributed by atoms with E-state index >= 15 is 0 Å². The Hall–Kier alpha value is -3.69. The molecule has 0 aliphatic heterocycles. The van der Waals surface area contributed by atoms with Crippen LogP contribution >= 0.6 is 0 Å². The van der Waals surface area contributed by atoms with E-state index in [0.29, 0.717) is 11.3 Å². The van der Waals surface area contributed by atoms with Crippen molar-refractivity contribution in [2.75, 3.05) is 18.5 Å². The Labute approximate surface area is 167 Å². The standard InChI is InChI=1S/C19H23N5O5/c1-2-28-19(27)14(18-22-9-10-29-18)11-23-15(25)7-8-16(26)24-13-5-3-12(4-6-13)17(20)21/h3-6,9-10,14H,2,7-8,11H2,1H3,(H3,20,21)(H,23,25)(H,24,26). The smallest absolute Gasteiger partial charge is 0.320 e. The van der Waals surface area contributed by atoms with Crippen LogP contribution in [0.1, 0.15) is 37.1 Å². The van der Waals surface area contributed by atoms with Crippen LogP contribution in [0.2, 0.25) is 0 Å². The van der Waals surface area contributed by atoms with Crippen LogP contribution in [0.15, 0.2) is 41.1 Å². The first-order valence-electron chi connectivity index (χ1n) is 8.97. The Morgan fingerprint density at radius 1 is 1.21 bits per heavy atom. The highest BCUT2D eigenvalue weighted by molar-refractivity contribution is 5.96. The zero-order valence-electron chi connectivity index (χ0n) is 15.9. The van der Waals surface area contributed by atoms with Crippen molar-refractivity contribution in [3.05, 3.63) is 48.2 Å². The van der Waals surface area contributed by atoms with Crippen molar-refractivity contribution in [3.63, 3.8) is 0 Å². The van der Waals surface area contributed by atoms with Gasteiger partial charge >= 0.3 is 5.97 Å². The third-order valence-corrected chi connectivity index (χ3v) is 3.88. The minimum Gasteiger partial charge on any atom is -0.465 e. The Morgan fingerprint density at radius 2 is 1.90 bits per heavy atom. The number of hydrogen-bond donors (Lipinski definition) is 4. The van der Waals surface area contributed by atoms with E-state index in [1.165, 1.54) is 12.5 Å². The normalized spacial score (nSPS) is 11.3. The number of oxazole rings is 1. The van der Waals surface area contributed by atoms with E-state index in [-0.39, 0.29) is 43.6 Å². The fourth-order valence-electron chi connectivity index (χ4n) is 2.41. The maximum absolute atomic E-state index is 12.0. The van der Waals surface area contributed by atoms with Crippen molar-refractivity contribution in [1.82, 2.24) is 10.3 Å². The lowest BCUT2D eigenvalue weighted by molar-refractivity contribution is -0.145. The highest BCUT2D eigenvalue weighted by atomic mass is 16.5. The van der Waals surface area contributed by atoms with E-state index in [2.05, 4.69) is 15.6 Å². The Kier molecular flexibility index (Phi) is 7.89. The number of nitrogens with two attached hydrogens (primary N) is 1. The van der Waals surface area contributed by atoms with Crippen LogP contribution in [0.3, 0.4) is 0 Å². The molecule has 0 radical (unpaired) electrons. The molecule has 29 heavy (non-hydrogen) atoms. The molecule has 0 fully saturated rings. The van der Waals surface area contributed by atoms with Crippen molar-refractivity contribution in [2.24, 2.45) is 5.73 Å². The maximum atomic E-state index is 12.0. The number of nitrogens with one attached hydrogen (secondary N) is 3. The van der Waals surface area contributed by atoms with Gasteiger partial charge in [-0.25, -0.2) is 4.98 Å². The monoisotopic (exact) mass is 401 g/mol. The number of carbonyl (C=O) groups is 3. The second-order valence-electron chi connectivity index (χ2n) is 6.02. The summed E-state index contributed by atoms with van der Waals surface area (Å²) in [6, 6.07) is 6.47. The number of amides is 2. The summed E-state index contributed by atoms with van der Waals surface area (Å²) in [6.45, 7) is 1.82. The van der Waals surface area contributed by atoms with Gasteiger partial charge in [0, 0.05) is 30.6 Å². The van der Waals surface area contributed by atoms with Gasteiger partial charge in [-0.3, -0.25) is 19.8 Å². The number of carbonyl (C=O) groups excluding carboxylic acids is 3. The molecule has 1 aromatic heterocycles. The molecule has 5 N–H and O–H groups in total. The number of benzene rings is 1. The van der Waals surface area contributed by atoms with Crippen molar-refractivity contribution in [1.29, 1.82) is 5.41 Å². The summed E-state index contributed by atoms with van der Waals surface area (Å²) in [4.78, 5) is 40.0. The summed E-state index contributed by atoms with van der Waals surface area (Å²) in [6.07, 6.45) is 2.63. The zero-order chi connectivity index (χ0) is 21.2. The van der Waals surface area contributed by atoms with Gasteiger partial charge in [-0.2, -0.15) is 0 Å². The molecule has 0 saturated carbocycles. The van der Waals surface area contributed by atoms with E-state index < -0.39 is 17.8 Å². The highest BCUT2D eigenvalue weighted by Gasteiger charge is 2.26. The molecule has 2 rings (SSSR count). The van der Waals surface area contributed by atoms with Crippen LogP contribution in [0.5, 0.6) is 0 Å². The summed E-state index contributed by atoms with van der Waals surface area (Å²) in [5.74, 6) is -2.07. The van der Waals surface area contributed by atoms with Gasteiger partial charge in [0.2, 0.25) is 17.7 Å². The molecule has 10 nitrogen and oxygen atoms in total. The molecule has 1 heterocycles. The Morgan fingerprint density at radius 3 is 2.48 bits per heavy atom. The fourth-order valence-corrected chi connectivity index (χ4v) is 2.41. The third-order valence-electron chi connectivity index (χ3n) is 3.88. The molecule has 2 aromatic rings. The topological polar surface area (TPSA) is 160 Å². The molecule has 0 spiro atoms. The molecule has 0 aliphatic carbocycles. The molecular formula is C19H23N5O5. The van der Waals surface area contributed by atoms with Gasteiger partial charge in [-0.1, -0.05) is 0 Å². The maximum Gasteiger partial charge on any atom is 0.320 e. The summed E-state index contributed by atoms with van der Waals surface area (Å²) in [5.41, 5.74) is 6.45. The average molecular weight is 401 g/mol. The number of amidine groups is 1. The van der Waals surface area contributed by atoms with E-state index in [0.717, 1.165) is 0 Å². The number of rotatable bonds is 10. The molecule has 1 unspecified atom stereocenters. The number of ether oxygens (including phenoxy) is 1. The van der Waals surface area contributed by atoms with Gasteiger partial charge in [0.25, 0.3) is 0 Å². The molecule has 1 aromatic carbocycles. The zero-order valence-corrected chi connectivity index (χ0v) is 15.9. The lowest BCUT2D eigenvalue weighted by atomic mass is 10.1. The predicted molar refractivity (Wildman–Crippen MR) is 104 cm³/mol. The quantitative estimate of drug-likeness (QED) is 0.264. The number of nitrogen functional groups attached to an aromatic ring is 1. The van der Waals surface area contributed by atoms with Crippen LogP contribution in [-0.2, 0) is 19.1 Å². The van der Waals surface area contributed by atoms with Crippen LogP contribution in [-0.4, -0.2) is 41.8 Å². The second-order valence-corrected chi connectivity index (χ2v) is 6.02. The summed E-state index contributed by atoms with van der Waals surface area (Å²) < 4.78 is 10.1. The molecule has 10 heteroatoms. The molecule has 154 valence electrons. The van der Waals surface area contributed by atoms with Gasteiger partial charge in [0.1, 0.15) is 12.1 Å². The largest absolute Gasteiger partial charge is 0.465 e. The lowest BCUT2D eigenvalue weighted by Crippen LogP contribution is -2.33. The average Bonchev–Trinajstić information content (AvgIpc) is 3.21. The molecule has 1 atom stereocenters. The second kappa shape index (κ2) is 10.6. The van der Waals surface area contributed by atoms with Gasteiger partial charge in [-0.05, 0) is 31.2 Å². The minimum absolute atomic E-state index is 0.0383. The van der Waals surface area contributed by atoms with Gasteiger partial charge in [0.05, 0.1) is 12.8 Å². The van der Waals surface area contributed by atoms with E-state index in [4.69, 9.17) is 20.3 Å². The SMILES string of the molecule is CCOC(=O)C(CNC(=O)CCC(=O)Nc1ccc(C(=N)N)cc1)c1ncco1. The predicted octanol–water partition coefficient (Wildman–Crippen LogP) is 1.14. The first kappa shape index (κ1) is 21.6. The van der Waals surface area contributed by atoms with Crippen molar-refractivity contribution in [3.8, 4) is 0 Å². The Bertz CT molecular complexity index is 848. The summed E-state index contributed by atoms with van der Waals surface area (Å²) in [7, 11) is 0. The minimum atomic E-state index is -0.859. The summed E-state index contributed by atoms with van der Waals surface area (Å²) in [5, 5.41) is 12.6.